The molecule has 0 fully saturated rings. The molecule has 2 aromatic heterocycles. The van der Waals surface area contributed by atoms with E-state index in [1.54, 1.807) is 19.9 Å². The maximum absolute atomic E-state index is 13.2. The molecule has 3 atom stereocenters. The molecular formula is C28H32ClN5O3. The highest BCUT2D eigenvalue weighted by atomic mass is 35.5. The standard InChI is InChI=1S/C28H32ClN5O3/c1-28(2,37)13-12-19(26-31-17-25(29)34-26)15-24(35)22(14-18-8-4-3-5-9-18)33-27(36)23-16-30-20-10-6-7-11-21(20)32-23/h3-11,16-17,19,22,24,35,37H,12-15H2,1-2H3,(H,31,34)(H,33,36)/t19-,22-,24-/m0/s1. The van der Waals surface area contributed by atoms with Crippen molar-refractivity contribution in [1.82, 2.24) is 25.3 Å². The number of nitrogens with one attached hydrogen (secondary N) is 2. The second kappa shape index (κ2) is 11.8. The lowest BCUT2D eigenvalue weighted by molar-refractivity contribution is 0.0594. The molecule has 2 aromatic carbocycles. The molecule has 0 saturated carbocycles. The number of rotatable bonds is 11. The van der Waals surface area contributed by atoms with Crippen molar-refractivity contribution in [3.05, 3.63) is 89.2 Å². The van der Waals surface area contributed by atoms with Crippen LogP contribution in [0.2, 0.25) is 5.15 Å². The molecule has 8 nitrogen and oxygen atoms in total. The Kier molecular flexibility index (Phi) is 8.53. The van der Waals surface area contributed by atoms with Crippen molar-refractivity contribution in [2.45, 2.75) is 63.2 Å². The summed E-state index contributed by atoms with van der Waals surface area (Å²) in [5.41, 5.74) is 1.61. The van der Waals surface area contributed by atoms with Gasteiger partial charge in [-0.05, 0) is 57.2 Å². The number of aliphatic hydroxyl groups excluding tert-OH is 1. The van der Waals surface area contributed by atoms with Gasteiger partial charge in [0, 0.05) is 5.92 Å². The highest BCUT2D eigenvalue weighted by Crippen LogP contribution is 2.29. The van der Waals surface area contributed by atoms with E-state index in [0.29, 0.717) is 47.7 Å². The lowest BCUT2D eigenvalue weighted by Crippen LogP contribution is -2.45. The summed E-state index contributed by atoms with van der Waals surface area (Å²) in [5, 5.41) is 25.1. The molecule has 0 aliphatic rings. The summed E-state index contributed by atoms with van der Waals surface area (Å²) in [6.07, 6.45) is 3.88. The number of H-pyrrole nitrogens is 1. The van der Waals surface area contributed by atoms with Crippen LogP contribution in [-0.2, 0) is 6.42 Å². The normalized spacial score (nSPS) is 14.3. The number of para-hydroxylation sites is 2. The van der Waals surface area contributed by atoms with E-state index in [1.165, 1.54) is 12.4 Å². The monoisotopic (exact) mass is 521 g/mol. The molecule has 194 valence electrons. The Balaban J connectivity index is 1.56. The number of fused-ring (bicyclic) bond motifs is 1. The van der Waals surface area contributed by atoms with Gasteiger partial charge in [0.2, 0.25) is 0 Å². The predicted molar refractivity (Wildman–Crippen MR) is 143 cm³/mol. The zero-order chi connectivity index (χ0) is 26.4. The van der Waals surface area contributed by atoms with Gasteiger partial charge in [0.15, 0.2) is 0 Å². The van der Waals surface area contributed by atoms with Crippen molar-refractivity contribution in [3.63, 3.8) is 0 Å². The third-order valence-electron chi connectivity index (χ3n) is 6.34. The zero-order valence-electron chi connectivity index (χ0n) is 20.9. The van der Waals surface area contributed by atoms with Crippen molar-refractivity contribution in [2.75, 3.05) is 0 Å². The molecule has 4 N–H and O–H groups in total. The van der Waals surface area contributed by atoms with Gasteiger partial charge >= 0.3 is 0 Å². The average molecular weight is 522 g/mol. The molecule has 1 amide bonds. The van der Waals surface area contributed by atoms with Gasteiger partial charge in [0.25, 0.3) is 5.91 Å². The number of benzene rings is 2. The van der Waals surface area contributed by atoms with Crippen LogP contribution in [-0.4, -0.2) is 53.8 Å². The van der Waals surface area contributed by atoms with Crippen molar-refractivity contribution >= 4 is 28.5 Å². The molecule has 0 aliphatic carbocycles. The van der Waals surface area contributed by atoms with Gasteiger partial charge in [-0.25, -0.2) is 9.97 Å². The summed E-state index contributed by atoms with van der Waals surface area (Å²) < 4.78 is 0. The van der Waals surface area contributed by atoms with Crippen LogP contribution in [0, 0.1) is 0 Å². The van der Waals surface area contributed by atoms with E-state index in [1.807, 2.05) is 48.5 Å². The molecule has 0 spiro atoms. The number of aromatic nitrogens is 4. The van der Waals surface area contributed by atoms with E-state index in [9.17, 15) is 15.0 Å². The number of hydrogen-bond acceptors (Lipinski definition) is 6. The molecule has 0 radical (unpaired) electrons. The fourth-order valence-electron chi connectivity index (χ4n) is 4.33. The molecule has 0 unspecified atom stereocenters. The summed E-state index contributed by atoms with van der Waals surface area (Å²) in [4.78, 5) is 29.4. The SMILES string of the molecule is CC(C)(O)CC[C@@H](C[C@H](O)[C@H](Cc1ccccc1)NC(=O)c1cnc2ccccc2n1)c1ncc(Cl)[nH]1. The molecule has 4 aromatic rings. The summed E-state index contributed by atoms with van der Waals surface area (Å²) in [7, 11) is 0. The summed E-state index contributed by atoms with van der Waals surface area (Å²) in [6.45, 7) is 3.50. The Morgan fingerprint density at radius 3 is 2.43 bits per heavy atom. The summed E-state index contributed by atoms with van der Waals surface area (Å²) in [5.74, 6) is 0.0235. The highest BCUT2D eigenvalue weighted by molar-refractivity contribution is 6.29. The molecule has 4 rings (SSSR count). The smallest absolute Gasteiger partial charge is 0.271 e. The Morgan fingerprint density at radius 2 is 1.76 bits per heavy atom. The van der Waals surface area contributed by atoms with Crippen LogP contribution < -0.4 is 5.32 Å². The minimum atomic E-state index is -0.909. The Morgan fingerprint density at radius 1 is 1.05 bits per heavy atom. The number of aromatic amines is 1. The molecular weight excluding hydrogens is 490 g/mol. The van der Waals surface area contributed by atoms with Gasteiger partial charge < -0.3 is 20.5 Å². The van der Waals surface area contributed by atoms with Crippen LogP contribution >= 0.6 is 11.6 Å². The van der Waals surface area contributed by atoms with Gasteiger partial charge in [-0.1, -0.05) is 54.1 Å². The maximum Gasteiger partial charge on any atom is 0.271 e. The lowest BCUT2D eigenvalue weighted by atomic mass is 9.87. The molecule has 2 heterocycles. The number of carbonyl (C=O) groups is 1. The Hall–Kier alpha value is -3.33. The first-order valence-corrected chi connectivity index (χ1v) is 12.7. The first-order valence-electron chi connectivity index (χ1n) is 12.4. The van der Waals surface area contributed by atoms with Gasteiger partial charge in [0.05, 0.1) is 41.2 Å². The van der Waals surface area contributed by atoms with E-state index >= 15 is 0 Å². The first-order chi connectivity index (χ1) is 17.7. The van der Waals surface area contributed by atoms with Gasteiger partial charge in [-0.3, -0.25) is 9.78 Å². The number of nitrogens with zero attached hydrogens (tertiary/aromatic N) is 3. The fourth-order valence-corrected chi connectivity index (χ4v) is 4.48. The van der Waals surface area contributed by atoms with E-state index in [-0.39, 0.29) is 11.6 Å². The van der Waals surface area contributed by atoms with Crippen LogP contribution in [0.3, 0.4) is 0 Å². The van der Waals surface area contributed by atoms with Crippen LogP contribution in [0.1, 0.15) is 60.9 Å². The van der Waals surface area contributed by atoms with E-state index < -0.39 is 23.7 Å². The third kappa shape index (κ3) is 7.58. The number of hydrogen-bond donors (Lipinski definition) is 4. The topological polar surface area (TPSA) is 124 Å². The van der Waals surface area contributed by atoms with Crippen LogP contribution in [0.25, 0.3) is 11.0 Å². The largest absolute Gasteiger partial charge is 0.391 e. The minimum Gasteiger partial charge on any atom is -0.391 e. The van der Waals surface area contributed by atoms with E-state index in [0.717, 1.165) is 5.56 Å². The average Bonchev–Trinajstić information content (AvgIpc) is 3.31. The van der Waals surface area contributed by atoms with E-state index in [2.05, 4.69) is 25.3 Å². The van der Waals surface area contributed by atoms with Crippen molar-refractivity contribution in [3.8, 4) is 0 Å². The number of imidazole rings is 1. The van der Waals surface area contributed by atoms with Crippen LogP contribution in [0.15, 0.2) is 67.0 Å². The Labute approximate surface area is 221 Å². The quantitative estimate of drug-likeness (QED) is 0.231. The second-order valence-corrected chi connectivity index (χ2v) is 10.4. The second-order valence-electron chi connectivity index (χ2n) is 9.98. The Bertz CT molecular complexity index is 1320. The van der Waals surface area contributed by atoms with Gasteiger partial charge in [0.1, 0.15) is 16.7 Å². The van der Waals surface area contributed by atoms with Gasteiger partial charge in [-0.2, -0.15) is 0 Å². The lowest BCUT2D eigenvalue weighted by Gasteiger charge is -2.28. The van der Waals surface area contributed by atoms with Gasteiger partial charge in [-0.15, -0.1) is 0 Å². The van der Waals surface area contributed by atoms with Crippen molar-refractivity contribution in [1.29, 1.82) is 0 Å². The zero-order valence-corrected chi connectivity index (χ0v) is 21.7. The molecule has 9 heteroatoms. The fraction of sp³-hybridized carbons (Fsp3) is 0.357. The minimum absolute atomic E-state index is 0.181. The maximum atomic E-state index is 13.2. The van der Waals surface area contributed by atoms with Crippen molar-refractivity contribution in [2.24, 2.45) is 0 Å². The molecule has 37 heavy (non-hydrogen) atoms. The summed E-state index contributed by atoms with van der Waals surface area (Å²) in [6, 6.07) is 16.4. The van der Waals surface area contributed by atoms with Crippen LogP contribution in [0.5, 0.6) is 0 Å². The van der Waals surface area contributed by atoms with Crippen molar-refractivity contribution < 1.29 is 15.0 Å². The summed E-state index contributed by atoms with van der Waals surface area (Å²) >= 11 is 6.08. The molecule has 0 saturated heterocycles. The van der Waals surface area contributed by atoms with E-state index in [4.69, 9.17) is 11.6 Å². The number of aliphatic hydroxyl groups is 2. The van der Waals surface area contributed by atoms with Crippen LogP contribution in [0.4, 0.5) is 0 Å². The highest BCUT2D eigenvalue weighted by Gasteiger charge is 2.29. The number of amides is 1. The number of carbonyl (C=O) groups excluding carboxylic acids is 1. The molecule has 0 bridgehead atoms. The molecule has 0 aliphatic heterocycles. The number of halogens is 1. The third-order valence-corrected chi connectivity index (χ3v) is 6.53. The first kappa shape index (κ1) is 26.7. The predicted octanol–water partition coefficient (Wildman–Crippen LogP) is 4.43.